The highest BCUT2D eigenvalue weighted by atomic mass is 35.5. The van der Waals surface area contributed by atoms with Crippen LogP contribution in [-0.4, -0.2) is 48.3 Å². The zero-order chi connectivity index (χ0) is 18.4. The van der Waals surface area contributed by atoms with Gasteiger partial charge >= 0.3 is 7.12 Å². The Balaban J connectivity index is 1.77. The minimum atomic E-state index is -0.533. The fourth-order valence-electron chi connectivity index (χ4n) is 3.11. The summed E-state index contributed by atoms with van der Waals surface area (Å²) in [6.07, 6.45) is 1.68. The van der Waals surface area contributed by atoms with E-state index in [-0.39, 0.29) is 11.9 Å². The molecule has 0 radical (unpaired) electrons. The average molecular weight is 365 g/mol. The SMILES string of the molecule is CC1(C)OB(c2ccc(C(=O)N3CCC(N)CC3)cc2Cl)OC1(C)C. The molecule has 3 rings (SSSR count). The van der Waals surface area contributed by atoms with Gasteiger partial charge in [0.05, 0.1) is 11.2 Å². The van der Waals surface area contributed by atoms with Crippen LogP contribution >= 0.6 is 11.6 Å². The van der Waals surface area contributed by atoms with Gasteiger partial charge in [0.25, 0.3) is 5.91 Å². The molecule has 0 aromatic heterocycles. The van der Waals surface area contributed by atoms with Gasteiger partial charge in [-0.15, -0.1) is 0 Å². The van der Waals surface area contributed by atoms with Crippen molar-refractivity contribution in [1.29, 1.82) is 0 Å². The van der Waals surface area contributed by atoms with Crippen molar-refractivity contribution in [2.24, 2.45) is 5.73 Å². The Morgan fingerprint density at radius 1 is 1.20 bits per heavy atom. The van der Waals surface area contributed by atoms with Gasteiger partial charge in [-0.25, -0.2) is 0 Å². The van der Waals surface area contributed by atoms with Crippen molar-refractivity contribution in [3.8, 4) is 0 Å². The molecule has 2 saturated heterocycles. The molecule has 5 nitrogen and oxygen atoms in total. The molecule has 0 saturated carbocycles. The lowest BCUT2D eigenvalue weighted by molar-refractivity contribution is 0.00578. The third-order valence-electron chi connectivity index (χ3n) is 5.58. The first-order valence-electron chi connectivity index (χ1n) is 8.81. The number of halogens is 1. The van der Waals surface area contributed by atoms with Crippen LogP contribution in [0.3, 0.4) is 0 Å². The molecule has 2 N–H and O–H groups in total. The topological polar surface area (TPSA) is 64.8 Å². The van der Waals surface area contributed by atoms with Gasteiger partial charge in [0.15, 0.2) is 0 Å². The van der Waals surface area contributed by atoms with Crippen LogP contribution in [0.1, 0.15) is 50.9 Å². The van der Waals surface area contributed by atoms with Gasteiger partial charge in [-0.3, -0.25) is 4.79 Å². The number of nitrogens with two attached hydrogens (primary N) is 1. The van der Waals surface area contributed by atoms with Gasteiger partial charge in [0.1, 0.15) is 0 Å². The van der Waals surface area contributed by atoms with E-state index in [1.54, 1.807) is 12.1 Å². The first kappa shape index (κ1) is 18.7. The van der Waals surface area contributed by atoms with Crippen molar-refractivity contribution in [3.63, 3.8) is 0 Å². The van der Waals surface area contributed by atoms with E-state index in [2.05, 4.69) is 0 Å². The molecule has 2 fully saturated rings. The molecule has 7 heteroatoms. The van der Waals surface area contributed by atoms with Crippen LogP contribution in [0.15, 0.2) is 18.2 Å². The van der Waals surface area contributed by atoms with E-state index in [1.165, 1.54) is 0 Å². The average Bonchev–Trinajstić information content (AvgIpc) is 2.75. The van der Waals surface area contributed by atoms with Gasteiger partial charge in [0.2, 0.25) is 0 Å². The Morgan fingerprint density at radius 2 is 1.76 bits per heavy atom. The lowest BCUT2D eigenvalue weighted by Gasteiger charge is -2.32. The van der Waals surface area contributed by atoms with Crippen LogP contribution in [0.4, 0.5) is 0 Å². The smallest absolute Gasteiger partial charge is 0.399 e. The van der Waals surface area contributed by atoms with Gasteiger partial charge in [-0.2, -0.15) is 0 Å². The Labute approximate surface area is 154 Å². The van der Waals surface area contributed by atoms with Gasteiger partial charge < -0.3 is 19.9 Å². The van der Waals surface area contributed by atoms with Crippen molar-refractivity contribution in [2.45, 2.75) is 57.8 Å². The summed E-state index contributed by atoms with van der Waals surface area (Å²) in [5, 5.41) is 0.484. The lowest BCUT2D eigenvalue weighted by Crippen LogP contribution is -2.43. The van der Waals surface area contributed by atoms with Crippen molar-refractivity contribution >= 4 is 30.1 Å². The molecule has 0 unspecified atom stereocenters. The van der Waals surface area contributed by atoms with Crippen molar-refractivity contribution in [2.75, 3.05) is 13.1 Å². The second kappa shape index (κ2) is 6.58. The van der Waals surface area contributed by atoms with E-state index in [0.29, 0.717) is 23.7 Å². The fourth-order valence-corrected chi connectivity index (χ4v) is 3.38. The van der Waals surface area contributed by atoms with Gasteiger partial charge in [0, 0.05) is 35.2 Å². The number of amides is 1. The van der Waals surface area contributed by atoms with Gasteiger partial charge in [-0.1, -0.05) is 17.7 Å². The standard InChI is InChI=1S/C18H26BClN2O3/c1-17(2)18(3,4)25-19(24-17)14-6-5-12(11-15(14)20)16(23)22-9-7-13(21)8-10-22/h5-6,11,13H,7-10,21H2,1-4H3. The summed E-state index contributed by atoms with van der Waals surface area (Å²) in [5.41, 5.74) is 6.38. The highest BCUT2D eigenvalue weighted by molar-refractivity contribution is 6.65. The quantitative estimate of drug-likeness (QED) is 0.817. The Morgan fingerprint density at radius 3 is 2.28 bits per heavy atom. The van der Waals surface area contributed by atoms with Crippen LogP contribution in [0, 0.1) is 0 Å². The highest BCUT2D eigenvalue weighted by Crippen LogP contribution is 2.37. The molecule has 0 spiro atoms. The summed E-state index contributed by atoms with van der Waals surface area (Å²) in [6, 6.07) is 5.52. The molecule has 0 bridgehead atoms. The van der Waals surface area contributed by atoms with Crippen molar-refractivity contribution < 1.29 is 14.1 Å². The normalized spacial score (nSPS) is 23.1. The maximum atomic E-state index is 12.7. The molecule has 2 aliphatic rings. The zero-order valence-electron chi connectivity index (χ0n) is 15.3. The number of piperidine rings is 1. The Kier molecular flexibility index (Phi) is 4.92. The maximum absolute atomic E-state index is 12.7. The molecule has 136 valence electrons. The summed E-state index contributed by atoms with van der Waals surface area (Å²) in [4.78, 5) is 14.5. The fraction of sp³-hybridized carbons (Fsp3) is 0.611. The van der Waals surface area contributed by atoms with E-state index in [1.807, 2.05) is 38.7 Å². The number of carbonyl (C=O) groups excluding carboxylic acids is 1. The number of likely N-dealkylation sites (tertiary alicyclic amines) is 1. The summed E-state index contributed by atoms with van der Waals surface area (Å²) < 4.78 is 12.1. The molecule has 1 aromatic rings. The minimum absolute atomic E-state index is 0.00531. The highest BCUT2D eigenvalue weighted by Gasteiger charge is 2.52. The molecular formula is C18H26BClN2O3. The molecule has 1 aromatic carbocycles. The van der Waals surface area contributed by atoms with Crippen LogP contribution < -0.4 is 11.2 Å². The third kappa shape index (κ3) is 3.58. The van der Waals surface area contributed by atoms with E-state index in [0.717, 1.165) is 18.3 Å². The molecule has 2 heterocycles. The largest absolute Gasteiger partial charge is 0.496 e. The molecule has 1 amide bonds. The number of nitrogens with zero attached hydrogens (tertiary/aromatic N) is 1. The summed E-state index contributed by atoms with van der Waals surface area (Å²) >= 11 is 6.45. The summed E-state index contributed by atoms with van der Waals surface area (Å²) in [6.45, 7) is 9.38. The predicted octanol–water partition coefficient (Wildman–Crippen LogP) is 2.20. The third-order valence-corrected chi connectivity index (χ3v) is 5.91. The second-order valence-electron chi connectivity index (χ2n) is 7.95. The number of benzene rings is 1. The molecule has 0 atom stereocenters. The Hall–Kier alpha value is -1.08. The number of rotatable bonds is 2. The lowest BCUT2D eigenvalue weighted by atomic mass is 9.78. The van der Waals surface area contributed by atoms with E-state index < -0.39 is 18.3 Å². The molecule has 0 aliphatic carbocycles. The number of carbonyl (C=O) groups is 1. The molecule has 25 heavy (non-hydrogen) atoms. The first-order valence-corrected chi connectivity index (χ1v) is 9.18. The van der Waals surface area contributed by atoms with Crippen molar-refractivity contribution in [3.05, 3.63) is 28.8 Å². The van der Waals surface area contributed by atoms with E-state index in [4.69, 9.17) is 26.6 Å². The van der Waals surface area contributed by atoms with E-state index in [9.17, 15) is 4.79 Å². The van der Waals surface area contributed by atoms with Crippen LogP contribution in [0.5, 0.6) is 0 Å². The summed E-state index contributed by atoms with van der Waals surface area (Å²) in [7, 11) is -0.533. The number of hydrogen-bond acceptors (Lipinski definition) is 4. The van der Waals surface area contributed by atoms with E-state index >= 15 is 0 Å². The molecule has 2 aliphatic heterocycles. The predicted molar refractivity (Wildman–Crippen MR) is 100 cm³/mol. The maximum Gasteiger partial charge on any atom is 0.496 e. The molecular weight excluding hydrogens is 338 g/mol. The zero-order valence-corrected chi connectivity index (χ0v) is 16.1. The van der Waals surface area contributed by atoms with Crippen LogP contribution in [0.25, 0.3) is 0 Å². The van der Waals surface area contributed by atoms with Gasteiger partial charge in [-0.05, 0) is 52.7 Å². The van der Waals surface area contributed by atoms with Crippen LogP contribution in [0.2, 0.25) is 5.02 Å². The van der Waals surface area contributed by atoms with Crippen molar-refractivity contribution in [1.82, 2.24) is 4.90 Å². The summed E-state index contributed by atoms with van der Waals surface area (Å²) in [5.74, 6) is -0.00531. The number of hydrogen-bond donors (Lipinski definition) is 1. The van der Waals surface area contributed by atoms with Crippen LogP contribution in [-0.2, 0) is 9.31 Å². The Bertz CT molecular complexity index is 656. The second-order valence-corrected chi connectivity index (χ2v) is 8.36. The minimum Gasteiger partial charge on any atom is -0.399 e. The first-order chi connectivity index (χ1) is 11.6. The monoisotopic (exact) mass is 364 g/mol.